The zero-order chi connectivity index (χ0) is 37.1. The Bertz CT molecular complexity index is 1420. The molecule has 50 heavy (non-hydrogen) atoms. The van der Waals surface area contributed by atoms with Crippen molar-refractivity contribution >= 4 is 42.1 Å². The number of hydrogen-bond donors (Lipinski definition) is 1. The minimum atomic E-state index is -2.77. The zero-order valence-electron chi connectivity index (χ0n) is 30.8. The van der Waals surface area contributed by atoms with E-state index in [0.29, 0.717) is 25.9 Å². The van der Waals surface area contributed by atoms with E-state index < -0.39 is 62.0 Å². The lowest BCUT2D eigenvalue weighted by Gasteiger charge is -2.43. The van der Waals surface area contributed by atoms with Crippen molar-refractivity contribution in [2.45, 2.75) is 96.1 Å². The smallest absolute Gasteiger partial charge is 0.422 e. The molecule has 0 saturated carbocycles. The highest BCUT2D eigenvalue weighted by atomic mass is 28.4. The molecule has 0 spiro atoms. The van der Waals surface area contributed by atoms with Crippen molar-refractivity contribution < 1.29 is 42.9 Å². The van der Waals surface area contributed by atoms with Crippen LogP contribution in [0.4, 0.5) is 0 Å². The van der Waals surface area contributed by atoms with Crippen molar-refractivity contribution in [2.24, 2.45) is 11.8 Å². The molecule has 1 N–H and O–H groups in total. The summed E-state index contributed by atoms with van der Waals surface area (Å²) in [5, 5.41) is 13.7. The average molecular weight is 710 g/mol. The van der Waals surface area contributed by atoms with Gasteiger partial charge in [-0.05, 0) is 53.4 Å². The third kappa shape index (κ3) is 9.42. The molecule has 1 heterocycles. The summed E-state index contributed by atoms with van der Waals surface area (Å²) in [6, 6.07) is 19.9. The number of benzene rings is 2. The van der Waals surface area contributed by atoms with E-state index >= 15 is 0 Å². The minimum absolute atomic E-state index is 0.0224. The van der Waals surface area contributed by atoms with Crippen molar-refractivity contribution in [1.82, 2.24) is 4.90 Å². The molecule has 1 saturated heterocycles. The molecule has 1 amide bonds. The van der Waals surface area contributed by atoms with E-state index in [0.717, 1.165) is 6.42 Å². The highest BCUT2D eigenvalue weighted by Crippen LogP contribution is 2.37. The number of ether oxygens (including phenoxy) is 3. The summed E-state index contributed by atoms with van der Waals surface area (Å²) in [7, 11) is 1.43. The standard InChI is InChI=1S/C38H55N3O8Si/c1-26(25-49-50(38(3,4)5,28-17-11-9-12-18-28)29-19-13-10-14-20-29)23-31(46-6)35(43)32(47-7)24-27(2)34(42)33(40-39)36(44)41-22-16-15-21-30(41)37(45)48-8/h9-14,17-20,26-27,30-32,35,43H,15-16,21-25H2,1-8H3/t26-,27-,30+,31+,32+,35-/m1/s1. The van der Waals surface area contributed by atoms with Gasteiger partial charge >= 0.3 is 17.6 Å². The fraction of sp³-hybridized carbons (Fsp3) is 0.579. The highest BCUT2D eigenvalue weighted by Gasteiger charge is 2.50. The number of methoxy groups -OCH3 is 3. The predicted octanol–water partition coefficient (Wildman–Crippen LogP) is 3.80. The third-order valence-electron chi connectivity index (χ3n) is 9.81. The van der Waals surface area contributed by atoms with E-state index in [1.54, 1.807) is 6.92 Å². The maximum absolute atomic E-state index is 13.5. The number of hydrogen-bond acceptors (Lipinski definition) is 8. The monoisotopic (exact) mass is 709 g/mol. The van der Waals surface area contributed by atoms with Gasteiger partial charge in [-0.1, -0.05) is 95.3 Å². The van der Waals surface area contributed by atoms with Crippen LogP contribution in [0.2, 0.25) is 5.04 Å². The number of Topliss-reactive ketones (excluding diaryl/α,β-unsaturated/α-hetero) is 1. The molecule has 2 aromatic rings. The van der Waals surface area contributed by atoms with Gasteiger partial charge in [0.25, 0.3) is 14.1 Å². The molecule has 1 aliphatic heterocycles. The number of aliphatic hydroxyl groups is 1. The van der Waals surface area contributed by atoms with Gasteiger partial charge in [0.2, 0.25) is 0 Å². The first kappa shape index (κ1) is 40.9. The Morgan fingerprint density at radius 1 is 0.920 bits per heavy atom. The molecular formula is C38H55N3O8Si. The lowest BCUT2D eigenvalue weighted by molar-refractivity contribution is -0.154. The summed E-state index contributed by atoms with van der Waals surface area (Å²) in [5.74, 6) is -3.03. The van der Waals surface area contributed by atoms with Crippen LogP contribution in [0.1, 0.15) is 66.7 Å². The number of esters is 1. The summed E-state index contributed by atoms with van der Waals surface area (Å²) >= 11 is 0. The Kier molecular flexibility index (Phi) is 15.3. The maximum Gasteiger partial charge on any atom is 0.422 e. The third-order valence-corrected chi connectivity index (χ3v) is 14.8. The van der Waals surface area contributed by atoms with Crippen LogP contribution in [0.5, 0.6) is 0 Å². The molecule has 2 aromatic carbocycles. The fourth-order valence-corrected chi connectivity index (χ4v) is 11.8. The van der Waals surface area contributed by atoms with Crippen molar-refractivity contribution in [3.05, 3.63) is 66.2 Å². The second-order valence-corrected chi connectivity index (χ2v) is 18.6. The molecule has 0 bridgehead atoms. The second kappa shape index (κ2) is 18.6. The van der Waals surface area contributed by atoms with Crippen LogP contribution in [0.15, 0.2) is 60.7 Å². The first-order chi connectivity index (χ1) is 23.8. The number of amides is 1. The van der Waals surface area contributed by atoms with Gasteiger partial charge in [0.15, 0.2) is 0 Å². The van der Waals surface area contributed by atoms with E-state index in [-0.39, 0.29) is 23.9 Å². The van der Waals surface area contributed by atoms with Gasteiger partial charge in [-0.25, -0.2) is 4.79 Å². The van der Waals surface area contributed by atoms with Crippen molar-refractivity contribution in [2.75, 3.05) is 34.5 Å². The van der Waals surface area contributed by atoms with E-state index in [4.69, 9.17) is 18.6 Å². The van der Waals surface area contributed by atoms with Gasteiger partial charge in [-0.2, -0.15) is 4.79 Å². The van der Waals surface area contributed by atoms with E-state index in [1.165, 1.54) is 36.6 Å². The van der Waals surface area contributed by atoms with Gasteiger partial charge < -0.3 is 34.2 Å². The number of nitrogens with zero attached hydrogens (tertiary/aromatic N) is 3. The molecule has 12 heteroatoms. The Morgan fingerprint density at radius 2 is 1.46 bits per heavy atom. The van der Waals surface area contributed by atoms with Crippen LogP contribution >= 0.6 is 0 Å². The van der Waals surface area contributed by atoms with Gasteiger partial charge in [0.05, 0.1) is 19.3 Å². The van der Waals surface area contributed by atoms with Gasteiger partial charge in [0, 0.05) is 33.3 Å². The summed E-state index contributed by atoms with van der Waals surface area (Å²) < 4.78 is 23.4. The minimum Gasteiger partial charge on any atom is -0.467 e. The highest BCUT2D eigenvalue weighted by molar-refractivity contribution is 6.99. The topological polar surface area (TPSA) is 148 Å². The Morgan fingerprint density at radius 3 is 1.94 bits per heavy atom. The molecular weight excluding hydrogens is 655 g/mol. The van der Waals surface area contributed by atoms with Gasteiger partial charge in [-0.3, -0.25) is 9.59 Å². The van der Waals surface area contributed by atoms with Gasteiger partial charge in [-0.15, -0.1) is 0 Å². The van der Waals surface area contributed by atoms with Crippen molar-refractivity contribution in [3.63, 3.8) is 0 Å². The van der Waals surface area contributed by atoms with Crippen LogP contribution in [0.25, 0.3) is 5.53 Å². The molecule has 1 fully saturated rings. The largest absolute Gasteiger partial charge is 0.467 e. The van der Waals surface area contributed by atoms with Crippen LogP contribution in [-0.4, -0.2) is 105 Å². The molecule has 0 aromatic heterocycles. The maximum atomic E-state index is 13.5. The fourth-order valence-electron chi connectivity index (χ4n) is 7.06. The Balaban J connectivity index is 1.73. The van der Waals surface area contributed by atoms with E-state index in [1.807, 2.05) is 36.4 Å². The molecule has 6 atom stereocenters. The predicted molar refractivity (Wildman–Crippen MR) is 194 cm³/mol. The number of likely N-dealkylation sites (tertiary alicyclic amines) is 1. The van der Waals surface area contributed by atoms with Crippen LogP contribution in [0, 0.1) is 11.8 Å². The average Bonchev–Trinajstić information content (AvgIpc) is 3.12. The molecule has 1 aliphatic rings. The SMILES string of the molecule is COC(=O)[C@@H]1CCCCN1C(=O)C(=[N+]=[N-])C(=O)[C@H](C)C[C@H](OC)[C@H](O)[C@H](C[C@@H](C)CO[Si](c1ccccc1)(c1ccccc1)C(C)(C)C)OC. The summed E-state index contributed by atoms with van der Waals surface area (Å²) in [5.41, 5.74) is 9.08. The van der Waals surface area contributed by atoms with Crippen LogP contribution in [-0.2, 0) is 33.0 Å². The van der Waals surface area contributed by atoms with Crippen molar-refractivity contribution in [1.29, 1.82) is 0 Å². The summed E-state index contributed by atoms with van der Waals surface area (Å²) in [6.07, 6.45) is -0.389. The molecule has 0 unspecified atom stereocenters. The molecule has 3 rings (SSSR count). The number of aliphatic hydroxyl groups excluding tert-OH is 1. The summed E-state index contributed by atoms with van der Waals surface area (Å²) in [6.45, 7) is 11.0. The number of rotatable bonds is 17. The molecule has 0 radical (unpaired) electrons. The first-order valence-electron chi connectivity index (χ1n) is 17.4. The zero-order valence-corrected chi connectivity index (χ0v) is 31.8. The molecule has 11 nitrogen and oxygen atoms in total. The number of carbonyl (C=O) groups is 3. The van der Waals surface area contributed by atoms with Gasteiger partial charge in [0.1, 0.15) is 12.1 Å². The van der Waals surface area contributed by atoms with Crippen molar-refractivity contribution in [3.8, 4) is 0 Å². The van der Waals surface area contributed by atoms with Crippen LogP contribution < -0.4 is 10.4 Å². The number of ketones is 1. The summed E-state index contributed by atoms with van der Waals surface area (Å²) in [4.78, 5) is 43.4. The normalized spacial score (nSPS) is 18.3. The molecule has 274 valence electrons. The first-order valence-corrected chi connectivity index (χ1v) is 19.3. The Labute approximate surface area is 298 Å². The Hall–Kier alpha value is -3.51. The molecule has 0 aliphatic carbocycles. The lowest BCUT2D eigenvalue weighted by atomic mass is 9.89. The van der Waals surface area contributed by atoms with E-state index in [2.05, 4.69) is 56.8 Å². The lowest BCUT2D eigenvalue weighted by Crippen LogP contribution is -2.66. The quantitative estimate of drug-likeness (QED) is 0.0652. The van der Waals surface area contributed by atoms with Crippen LogP contribution in [0.3, 0.4) is 0 Å². The second-order valence-electron chi connectivity index (χ2n) is 14.3. The number of carbonyl (C=O) groups excluding carboxylic acids is 3. The van der Waals surface area contributed by atoms with E-state index in [9.17, 15) is 25.0 Å². The number of piperidine rings is 1.